The molecule has 0 atom stereocenters. The van der Waals surface area contributed by atoms with Gasteiger partial charge in [-0.15, -0.1) is 0 Å². The van der Waals surface area contributed by atoms with Crippen molar-refractivity contribution >= 4 is 29.0 Å². The number of Topliss-reactive ketones (excluding diaryl/α,β-unsaturated/α-hetero) is 1. The highest BCUT2D eigenvalue weighted by atomic mass is 35.5. The predicted octanol–water partition coefficient (Wildman–Crippen LogP) is 4.70. The van der Waals surface area contributed by atoms with Gasteiger partial charge in [0.1, 0.15) is 0 Å². The molecule has 5 heteroatoms. The van der Waals surface area contributed by atoms with E-state index in [4.69, 9.17) is 23.2 Å². The van der Waals surface area contributed by atoms with Crippen molar-refractivity contribution in [1.29, 1.82) is 0 Å². The van der Waals surface area contributed by atoms with Crippen LogP contribution >= 0.6 is 23.2 Å². The molecular formula is C14H8Cl2F2O. The first-order valence-corrected chi connectivity index (χ1v) is 6.16. The Morgan fingerprint density at radius 2 is 1.84 bits per heavy atom. The summed E-state index contributed by atoms with van der Waals surface area (Å²) in [5.41, 5.74) is 0.180. The highest BCUT2D eigenvalue weighted by Gasteiger charge is 2.15. The molecule has 0 fully saturated rings. The number of halogens is 4. The lowest BCUT2D eigenvalue weighted by Crippen LogP contribution is -2.07. The van der Waals surface area contributed by atoms with Crippen LogP contribution in [0.5, 0.6) is 0 Å². The molecule has 0 aliphatic rings. The van der Waals surface area contributed by atoms with E-state index in [-0.39, 0.29) is 22.6 Å². The van der Waals surface area contributed by atoms with Crippen LogP contribution in [0.4, 0.5) is 8.78 Å². The van der Waals surface area contributed by atoms with Gasteiger partial charge in [0.05, 0.1) is 5.02 Å². The van der Waals surface area contributed by atoms with E-state index in [9.17, 15) is 13.6 Å². The molecule has 0 aliphatic heterocycles. The number of rotatable bonds is 3. The maximum absolute atomic E-state index is 13.5. The third-order valence-electron chi connectivity index (χ3n) is 2.61. The average molecular weight is 301 g/mol. The van der Waals surface area contributed by atoms with E-state index >= 15 is 0 Å². The lowest BCUT2D eigenvalue weighted by atomic mass is 10.0. The van der Waals surface area contributed by atoms with Crippen LogP contribution in [0.1, 0.15) is 15.9 Å². The number of carbonyl (C=O) groups excluding carboxylic acids is 1. The third-order valence-corrected chi connectivity index (χ3v) is 3.18. The molecule has 1 nitrogen and oxygen atoms in total. The van der Waals surface area contributed by atoms with E-state index in [1.807, 2.05) is 0 Å². The summed E-state index contributed by atoms with van der Waals surface area (Å²) < 4.78 is 26.5. The number of carbonyl (C=O) groups is 1. The van der Waals surface area contributed by atoms with E-state index in [2.05, 4.69) is 0 Å². The van der Waals surface area contributed by atoms with Gasteiger partial charge in [0.2, 0.25) is 0 Å². The van der Waals surface area contributed by atoms with Crippen LogP contribution in [-0.4, -0.2) is 5.78 Å². The molecule has 0 aliphatic carbocycles. The van der Waals surface area contributed by atoms with Crippen molar-refractivity contribution in [1.82, 2.24) is 0 Å². The number of ketones is 1. The lowest BCUT2D eigenvalue weighted by molar-refractivity contribution is 0.0992. The predicted molar refractivity (Wildman–Crippen MR) is 70.9 cm³/mol. The molecule has 0 saturated carbocycles. The van der Waals surface area contributed by atoms with E-state index < -0.39 is 17.4 Å². The SMILES string of the molecule is O=C(Cc1cccc(F)c1F)c1cc(Cl)ccc1Cl. The first-order valence-electron chi connectivity index (χ1n) is 5.40. The molecule has 0 heterocycles. The smallest absolute Gasteiger partial charge is 0.168 e. The van der Waals surface area contributed by atoms with Gasteiger partial charge in [-0.3, -0.25) is 4.79 Å². The van der Waals surface area contributed by atoms with Crippen LogP contribution in [0.25, 0.3) is 0 Å². The second-order valence-electron chi connectivity index (χ2n) is 3.94. The summed E-state index contributed by atoms with van der Waals surface area (Å²) in [4.78, 5) is 12.0. The fourth-order valence-electron chi connectivity index (χ4n) is 1.66. The Balaban J connectivity index is 2.31. The van der Waals surface area contributed by atoms with Crippen LogP contribution in [-0.2, 0) is 6.42 Å². The summed E-state index contributed by atoms with van der Waals surface area (Å²) >= 11 is 11.7. The van der Waals surface area contributed by atoms with Gasteiger partial charge in [-0.25, -0.2) is 8.78 Å². The highest BCUT2D eigenvalue weighted by Crippen LogP contribution is 2.23. The van der Waals surface area contributed by atoms with Crippen molar-refractivity contribution in [3.05, 3.63) is 69.2 Å². The Kier molecular flexibility index (Phi) is 4.17. The zero-order chi connectivity index (χ0) is 14.0. The lowest BCUT2D eigenvalue weighted by Gasteiger charge is -2.06. The van der Waals surface area contributed by atoms with Gasteiger partial charge in [-0.1, -0.05) is 35.3 Å². The summed E-state index contributed by atoms with van der Waals surface area (Å²) in [7, 11) is 0. The molecule has 2 aromatic carbocycles. The topological polar surface area (TPSA) is 17.1 Å². The second kappa shape index (κ2) is 5.68. The molecule has 0 amide bonds. The molecule has 0 N–H and O–H groups in total. The van der Waals surface area contributed by atoms with Crippen LogP contribution in [0.15, 0.2) is 36.4 Å². The maximum Gasteiger partial charge on any atom is 0.168 e. The largest absolute Gasteiger partial charge is 0.294 e. The standard InChI is InChI=1S/C14H8Cl2F2O/c15-9-4-5-11(16)10(7-9)13(19)6-8-2-1-3-12(17)14(8)18/h1-5,7H,6H2. The normalized spacial score (nSPS) is 10.5. The number of hydrogen-bond donors (Lipinski definition) is 0. The first-order chi connectivity index (χ1) is 8.99. The molecule has 2 rings (SSSR count). The molecule has 0 bridgehead atoms. The van der Waals surface area contributed by atoms with Gasteiger partial charge in [0, 0.05) is 17.0 Å². The van der Waals surface area contributed by atoms with Gasteiger partial charge in [0.25, 0.3) is 0 Å². The second-order valence-corrected chi connectivity index (χ2v) is 4.78. The van der Waals surface area contributed by atoms with Crippen LogP contribution in [0.2, 0.25) is 10.0 Å². The van der Waals surface area contributed by atoms with Crippen molar-refractivity contribution in [2.45, 2.75) is 6.42 Å². The van der Waals surface area contributed by atoms with E-state index in [0.29, 0.717) is 5.02 Å². The zero-order valence-electron chi connectivity index (χ0n) is 9.59. The average Bonchev–Trinajstić information content (AvgIpc) is 2.38. The summed E-state index contributed by atoms with van der Waals surface area (Å²) in [6.45, 7) is 0. The number of benzene rings is 2. The van der Waals surface area contributed by atoms with Crippen LogP contribution < -0.4 is 0 Å². The Morgan fingerprint density at radius 3 is 2.58 bits per heavy atom. The van der Waals surface area contributed by atoms with Crippen LogP contribution in [0, 0.1) is 11.6 Å². The molecular weight excluding hydrogens is 293 g/mol. The van der Waals surface area contributed by atoms with Crippen molar-refractivity contribution in [3.63, 3.8) is 0 Å². The van der Waals surface area contributed by atoms with Gasteiger partial charge in [-0.05, 0) is 29.8 Å². The van der Waals surface area contributed by atoms with Crippen molar-refractivity contribution in [2.24, 2.45) is 0 Å². The first kappa shape index (κ1) is 14.0. The highest BCUT2D eigenvalue weighted by molar-refractivity contribution is 6.35. The minimum absolute atomic E-state index is 0.0129. The van der Waals surface area contributed by atoms with Gasteiger partial charge in [0.15, 0.2) is 17.4 Å². The summed E-state index contributed by atoms with van der Waals surface area (Å²) in [6, 6.07) is 8.14. The molecule has 0 aromatic heterocycles. The van der Waals surface area contributed by atoms with Gasteiger partial charge >= 0.3 is 0 Å². The minimum atomic E-state index is -1.02. The fourth-order valence-corrected chi connectivity index (χ4v) is 2.06. The Morgan fingerprint density at radius 1 is 1.11 bits per heavy atom. The van der Waals surface area contributed by atoms with E-state index in [1.165, 1.54) is 24.3 Å². The Hall–Kier alpha value is -1.45. The van der Waals surface area contributed by atoms with Gasteiger partial charge in [-0.2, -0.15) is 0 Å². The molecule has 0 saturated heterocycles. The third kappa shape index (κ3) is 3.11. The fraction of sp³-hybridized carbons (Fsp3) is 0.0714. The van der Waals surface area contributed by atoms with E-state index in [0.717, 1.165) is 6.07 Å². The molecule has 0 radical (unpaired) electrons. The molecule has 98 valence electrons. The van der Waals surface area contributed by atoms with Crippen LogP contribution in [0.3, 0.4) is 0 Å². The summed E-state index contributed by atoms with van der Waals surface area (Å²) in [5.74, 6) is -2.42. The van der Waals surface area contributed by atoms with Crippen molar-refractivity contribution in [3.8, 4) is 0 Å². The van der Waals surface area contributed by atoms with Crippen molar-refractivity contribution < 1.29 is 13.6 Å². The molecule has 0 spiro atoms. The minimum Gasteiger partial charge on any atom is -0.294 e. The Bertz CT molecular complexity index is 641. The maximum atomic E-state index is 13.5. The zero-order valence-corrected chi connectivity index (χ0v) is 11.1. The van der Waals surface area contributed by atoms with Gasteiger partial charge < -0.3 is 0 Å². The molecule has 2 aromatic rings. The monoisotopic (exact) mass is 300 g/mol. The Labute approximate surface area is 118 Å². The summed E-state index contributed by atoms with van der Waals surface area (Å²) in [5, 5.41) is 0.582. The quantitative estimate of drug-likeness (QED) is 0.751. The molecule has 0 unspecified atom stereocenters. The number of hydrogen-bond acceptors (Lipinski definition) is 1. The molecule has 19 heavy (non-hydrogen) atoms. The van der Waals surface area contributed by atoms with E-state index in [1.54, 1.807) is 6.07 Å². The summed E-state index contributed by atoms with van der Waals surface area (Å²) in [6.07, 6.45) is -0.274. The van der Waals surface area contributed by atoms with Crippen molar-refractivity contribution in [2.75, 3.05) is 0 Å².